The minimum atomic E-state index is -0.00800. The third kappa shape index (κ3) is 5.56. The number of nitrogens with one attached hydrogen (secondary N) is 2. The second-order valence-electron chi connectivity index (χ2n) is 8.43. The van der Waals surface area contributed by atoms with Crippen LogP contribution >= 0.6 is 11.6 Å². The average molecular weight is 441 g/mol. The molecule has 1 saturated heterocycles. The molecule has 0 bridgehead atoms. The average Bonchev–Trinajstić information content (AvgIpc) is 3.34. The van der Waals surface area contributed by atoms with E-state index in [9.17, 15) is 9.59 Å². The SMILES string of the molecule is O=C(Nc1cccc(CNc2ncc(C(=O)N3CCCCC3)cc2Cl)c1)C1CCCC1. The van der Waals surface area contributed by atoms with Gasteiger partial charge in [-0.15, -0.1) is 0 Å². The van der Waals surface area contributed by atoms with Crippen LogP contribution in [-0.4, -0.2) is 34.8 Å². The maximum atomic E-state index is 12.6. The number of nitrogens with zero attached hydrogens (tertiary/aromatic N) is 2. The molecule has 1 saturated carbocycles. The van der Waals surface area contributed by atoms with Gasteiger partial charge in [0.1, 0.15) is 5.82 Å². The van der Waals surface area contributed by atoms with Gasteiger partial charge in [-0.25, -0.2) is 4.98 Å². The molecule has 7 heteroatoms. The highest BCUT2D eigenvalue weighted by atomic mass is 35.5. The van der Waals surface area contributed by atoms with Crippen LogP contribution < -0.4 is 10.6 Å². The van der Waals surface area contributed by atoms with E-state index in [0.717, 1.165) is 62.9 Å². The number of piperidine rings is 1. The smallest absolute Gasteiger partial charge is 0.255 e. The van der Waals surface area contributed by atoms with Crippen molar-refractivity contribution in [3.8, 4) is 0 Å². The van der Waals surface area contributed by atoms with Crippen molar-refractivity contribution in [2.45, 2.75) is 51.5 Å². The summed E-state index contributed by atoms with van der Waals surface area (Å²) in [6, 6.07) is 9.47. The second kappa shape index (κ2) is 10.1. The van der Waals surface area contributed by atoms with Gasteiger partial charge in [-0.1, -0.05) is 36.6 Å². The van der Waals surface area contributed by atoms with Gasteiger partial charge < -0.3 is 15.5 Å². The van der Waals surface area contributed by atoms with Crippen molar-refractivity contribution in [2.24, 2.45) is 5.92 Å². The summed E-state index contributed by atoms with van der Waals surface area (Å²) in [5.74, 6) is 0.779. The first-order valence-electron chi connectivity index (χ1n) is 11.2. The lowest BCUT2D eigenvalue weighted by molar-refractivity contribution is -0.119. The number of halogens is 1. The summed E-state index contributed by atoms with van der Waals surface area (Å²) in [5, 5.41) is 6.69. The topological polar surface area (TPSA) is 74.3 Å². The van der Waals surface area contributed by atoms with E-state index in [-0.39, 0.29) is 17.7 Å². The minimum absolute atomic E-state index is 0.00800. The summed E-state index contributed by atoms with van der Waals surface area (Å²) in [6.07, 6.45) is 9.09. The van der Waals surface area contributed by atoms with Crippen LogP contribution in [0, 0.1) is 5.92 Å². The zero-order valence-electron chi connectivity index (χ0n) is 17.7. The van der Waals surface area contributed by atoms with Gasteiger partial charge in [0.25, 0.3) is 5.91 Å². The zero-order valence-corrected chi connectivity index (χ0v) is 18.5. The first kappa shape index (κ1) is 21.6. The largest absolute Gasteiger partial charge is 0.365 e. The van der Waals surface area contributed by atoms with E-state index in [2.05, 4.69) is 15.6 Å². The highest BCUT2D eigenvalue weighted by Crippen LogP contribution is 2.26. The normalized spacial score (nSPS) is 16.9. The Morgan fingerprint density at radius 1 is 1.06 bits per heavy atom. The van der Waals surface area contributed by atoms with E-state index < -0.39 is 0 Å². The molecule has 1 aliphatic carbocycles. The van der Waals surface area contributed by atoms with Crippen molar-refractivity contribution in [3.63, 3.8) is 0 Å². The van der Waals surface area contributed by atoms with Crippen LogP contribution in [0.3, 0.4) is 0 Å². The summed E-state index contributed by atoms with van der Waals surface area (Å²) >= 11 is 6.40. The summed E-state index contributed by atoms with van der Waals surface area (Å²) in [5.41, 5.74) is 2.34. The number of rotatable bonds is 6. The third-order valence-electron chi connectivity index (χ3n) is 6.11. The molecule has 2 amide bonds. The van der Waals surface area contributed by atoms with Gasteiger partial charge in [-0.2, -0.15) is 0 Å². The zero-order chi connectivity index (χ0) is 21.6. The fourth-order valence-electron chi connectivity index (χ4n) is 4.34. The fraction of sp³-hybridized carbons (Fsp3) is 0.458. The number of hydrogen-bond acceptors (Lipinski definition) is 4. The van der Waals surface area contributed by atoms with Gasteiger partial charge >= 0.3 is 0 Å². The fourth-order valence-corrected chi connectivity index (χ4v) is 4.57. The molecule has 1 aromatic heterocycles. The summed E-state index contributed by atoms with van der Waals surface area (Å²) < 4.78 is 0. The molecular formula is C24H29ClN4O2. The molecule has 1 aliphatic heterocycles. The molecule has 2 aromatic rings. The van der Waals surface area contributed by atoms with Gasteiger partial charge in [0.05, 0.1) is 10.6 Å². The van der Waals surface area contributed by atoms with Gasteiger partial charge in [0.15, 0.2) is 0 Å². The number of aromatic nitrogens is 1. The maximum absolute atomic E-state index is 12.6. The molecule has 164 valence electrons. The molecule has 2 heterocycles. The van der Waals surface area contributed by atoms with Crippen LogP contribution in [0.1, 0.15) is 60.9 Å². The molecule has 2 aliphatic rings. The Morgan fingerprint density at radius 3 is 2.58 bits per heavy atom. The standard InChI is InChI=1S/C24H29ClN4O2/c25-21-14-19(24(31)29-11-4-1-5-12-29)16-27-22(21)26-15-17-7-6-10-20(13-17)28-23(30)18-8-2-3-9-18/h6-7,10,13-14,16,18H,1-5,8-9,11-12,15H2,(H,26,27)(H,28,30). The van der Waals surface area contributed by atoms with E-state index >= 15 is 0 Å². The molecule has 0 unspecified atom stereocenters. The maximum Gasteiger partial charge on any atom is 0.255 e. The van der Waals surface area contributed by atoms with E-state index in [0.29, 0.717) is 22.9 Å². The monoisotopic (exact) mass is 440 g/mol. The van der Waals surface area contributed by atoms with E-state index in [4.69, 9.17) is 11.6 Å². The Hall–Kier alpha value is -2.60. The number of carbonyl (C=O) groups excluding carboxylic acids is 2. The van der Waals surface area contributed by atoms with Crippen LogP contribution in [0.4, 0.5) is 11.5 Å². The third-order valence-corrected chi connectivity index (χ3v) is 6.40. The molecule has 6 nitrogen and oxygen atoms in total. The lowest BCUT2D eigenvalue weighted by Crippen LogP contribution is -2.35. The molecule has 1 aromatic carbocycles. The van der Waals surface area contributed by atoms with Gasteiger partial charge in [0.2, 0.25) is 5.91 Å². The van der Waals surface area contributed by atoms with Gasteiger partial charge in [-0.3, -0.25) is 9.59 Å². The summed E-state index contributed by atoms with van der Waals surface area (Å²) in [7, 11) is 0. The van der Waals surface area contributed by atoms with Crippen molar-refractivity contribution in [3.05, 3.63) is 52.7 Å². The van der Waals surface area contributed by atoms with Crippen LogP contribution in [-0.2, 0) is 11.3 Å². The molecule has 2 N–H and O–H groups in total. The lowest BCUT2D eigenvalue weighted by Gasteiger charge is -2.26. The van der Waals surface area contributed by atoms with Gasteiger partial charge in [0, 0.05) is 37.4 Å². The minimum Gasteiger partial charge on any atom is -0.365 e. The Kier molecular flexibility index (Phi) is 7.07. The molecule has 4 rings (SSSR count). The molecule has 0 radical (unpaired) electrons. The van der Waals surface area contributed by atoms with Crippen molar-refractivity contribution in [1.82, 2.24) is 9.88 Å². The number of benzene rings is 1. The Balaban J connectivity index is 1.35. The Morgan fingerprint density at radius 2 is 1.84 bits per heavy atom. The highest BCUT2D eigenvalue weighted by Gasteiger charge is 2.22. The van der Waals surface area contributed by atoms with Crippen molar-refractivity contribution in [1.29, 1.82) is 0 Å². The predicted molar refractivity (Wildman–Crippen MR) is 123 cm³/mol. The summed E-state index contributed by atoms with van der Waals surface area (Å²) in [6.45, 7) is 2.10. The van der Waals surface area contributed by atoms with Crippen molar-refractivity contribution < 1.29 is 9.59 Å². The van der Waals surface area contributed by atoms with Gasteiger partial charge in [-0.05, 0) is 55.9 Å². The Labute approximate surface area is 188 Å². The number of likely N-dealkylation sites (tertiary alicyclic amines) is 1. The Bertz CT molecular complexity index is 937. The quantitative estimate of drug-likeness (QED) is 0.655. The van der Waals surface area contributed by atoms with Crippen molar-refractivity contribution >= 4 is 34.9 Å². The van der Waals surface area contributed by atoms with Crippen LogP contribution in [0.5, 0.6) is 0 Å². The van der Waals surface area contributed by atoms with E-state index in [1.165, 1.54) is 6.42 Å². The molecule has 31 heavy (non-hydrogen) atoms. The van der Waals surface area contributed by atoms with Crippen LogP contribution in [0.15, 0.2) is 36.5 Å². The number of pyridine rings is 1. The van der Waals surface area contributed by atoms with E-state index in [1.807, 2.05) is 29.2 Å². The number of anilines is 2. The highest BCUT2D eigenvalue weighted by molar-refractivity contribution is 6.33. The first-order valence-corrected chi connectivity index (χ1v) is 11.6. The number of carbonyl (C=O) groups is 2. The summed E-state index contributed by atoms with van der Waals surface area (Å²) in [4.78, 5) is 31.2. The van der Waals surface area contributed by atoms with Crippen LogP contribution in [0.2, 0.25) is 5.02 Å². The first-order chi connectivity index (χ1) is 15.1. The van der Waals surface area contributed by atoms with E-state index in [1.54, 1.807) is 12.3 Å². The number of hydrogen-bond donors (Lipinski definition) is 2. The molecule has 0 atom stereocenters. The molecule has 0 spiro atoms. The second-order valence-corrected chi connectivity index (χ2v) is 8.84. The number of amides is 2. The van der Waals surface area contributed by atoms with Crippen molar-refractivity contribution in [2.75, 3.05) is 23.7 Å². The molecular weight excluding hydrogens is 412 g/mol. The lowest BCUT2D eigenvalue weighted by atomic mass is 10.1. The van der Waals surface area contributed by atoms with Crippen LogP contribution in [0.25, 0.3) is 0 Å². The molecule has 2 fully saturated rings. The predicted octanol–water partition coefficient (Wildman–Crippen LogP) is 5.10.